The summed E-state index contributed by atoms with van der Waals surface area (Å²) in [5.41, 5.74) is 4.77. The van der Waals surface area contributed by atoms with Crippen molar-refractivity contribution in [2.75, 3.05) is 32.2 Å². The third-order valence-electron chi connectivity index (χ3n) is 5.69. The molecule has 0 bridgehead atoms. The van der Waals surface area contributed by atoms with Crippen molar-refractivity contribution in [2.45, 2.75) is 47.0 Å². The summed E-state index contributed by atoms with van der Waals surface area (Å²) in [6, 6.07) is 3.93. The van der Waals surface area contributed by atoms with Gasteiger partial charge < -0.3 is 14.4 Å². The average molecular weight is 410 g/mol. The average Bonchev–Trinajstić information content (AvgIpc) is 3.48. The maximum Gasteiger partial charge on any atom is 0.230 e. The van der Waals surface area contributed by atoms with Gasteiger partial charge in [-0.1, -0.05) is 6.92 Å². The van der Waals surface area contributed by atoms with Crippen LogP contribution in [-0.2, 0) is 0 Å². The summed E-state index contributed by atoms with van der Waals surface area (Å²) in [6.07, 6.45) is 3.67. The molecule has 1 aliphatic carbocycles. The molecule has 0 N–H and O–H groups in total. The van der Waals surface area contributed by atoms with Crippen LogP contribution in [0.1, 0.15) is 43.3 Å². The second kappa shape index (κ2) is 8.13. The van der Waals surface area contributed by atoms with Crippen LogP contribution in [0.15, 0.2) is 12.1 Å². The first kappa shape index (κ1) is 20.4. The number of fused-ring (bicyclic) bond motifs is 1. The minimum Gasteiger partial charge on any atom is -0.497 e. The lowest BCUT2D eigenvalue weighted by atomic mass is 9.99. The Morgan fingerprint density at radius 2 is 1.83 bits per heavy atom. The van der Waals surface area contributed by atoms with Gasteiger partial charge in [0.25, 0.3) is 0 Å². The van der Waals surface area contributed by atoms with Crippen LogP contribution in [0.5, 0.6) is 11.5 Å². The lowest BCUT2D eigenvalue weighted by Gasteiger charge is -2.23. The Morgan fingerprint density at radius 1 is 1.07 bits per heavy atom. The molecular formula is C23H31N5O2. The van der Waals surface area contributed by atoms with Crippen molar-refractivity contribution in [3.8, 4) is 22.6 Å². The van der Waals surface area contributed by atoms with Crippen molar-refractivity contribution in [3.63, 3.8) is 0 Å². The highest BCUT2D eigenvalue weighted by Crippen LogP contribution is 2.40. The number of nitrogens with zero attached hydrogens (tertiary/aromatic N) is 5. The number of benzene rings is 1. The van der Waals surface area contributed by atoms with Gasteiger partial charge in [0.15, 0.2) is 5.65 Å². The zero-order valence-electron chi connectivity index (χ0n) is 18.8. The standard InChI is InChI=1S/C23H31N5O2/c1-7-10-27(13-17-8-9-17)23-25-16(4)24-22-21(15(3)26-28(22)23)20-14(2)11-18(29-5)12-19(20)30-6/h11-12,17H,7-10,13H2,1-6H3. The van der Waals surface area contributed by atoms with E-state index in [1.807, 2.05) is 30.5 Å². The number of hydrogen-bond acceptors (Lipinski definition) is 6. The zero-order chi connectivity index (χ0) is 21.4. The molecule has 0 spiro atoms. The molecule has 4 rings (SSSR count). The summed E-state index contributed by atoms with van der Waals surface area (Å²) in [4.78, 5) is 12.0. The van der Waals surface area contributed by atoms with E-state index >= 15 is 0 Å². The monoisotopic (exact) mass is 409 g/mol. The Balaban J connectivity index is 1.93. The second-order valence-corrected chi connectivity index (χ2v) is 8.18. The summed E-state index contributed by atoms with van der Waals surface area (Å²) in [7, 11) is 3.35. The molecule has 1 aromatic carbocycles. The van der Waals surface area contributed by atoms with Gasteiger partial charge >= 0.3 is 0 Å². The first-order valence-electron chi connectivity index (χ1n) is 10.7. The van der Waals surface area contributed by atoms with Crippen LogP contribution in [0, 0.1) is 26.7 Å². The summed E-state index contributed by atoms with van der Waals surface area (Å²) in [5.74, 6) is 3.92. The van der Waals surface area contributed by atoms with Gasteiger partial charge in [-0.2, -0.15) is 14.6 Å². The number of aromatic nitrogens is 4. The van der Waals surface area contributed by atoms with Crippen LogP contribution >= 0.6 is 0 Å². The van der Waals surface area contributed by atoms with Crippen LogP contribution in [0.2, 0.25) is 0 Å². The molecule has 0 atom stereocenters. The summed E-state index contributed by atoms with van der Waals surface area (Å²) in [5, 5.41) is 4.88. The number of methoxy groups -OCH3 is 2. The molecule has 1 aliphatic rings. The van der Waals surface area contributed by atoms with Crippen molar-refractivity contribution in [1.29, 1.82) is 0 Å². The lowest BCUT2D eigenvalue weighted by molar-refractivity contribution is 0.395. The van der Waals surface area contributed by atoms with Crippen LogP contribution < -0.4 is 14.4 Å². The molecule has 0 unspecified atom stereocenters. The highest BCUT2D eigenvalue weighted by molar-refractivity contribution is 5.86. The van der Waals surface area contributed by atoms with E-state index in [9.17, 15) is 0 Å². The fourth-order valence-electron chi connectivity index (χ4n) is 4.10. The molecule has 2 aromatic heterocycles. The Labute approximate surface area is 178 Å². The number of anilines is 1. The van der Waals surface area contributed by atoms with Gasteiger partial charge in [-0.3, -0.25) is 0 Å². The van der Waals surface area contributed by atoms with Crippen LogP contribution in [-0.4, -0.2) is 46.9 Å². The highest BCUT2D eigenvalue weighted by atomic mass is 16.5. The van der Waals surface area contributed by atoms with Crippen LogP contribution in [0.3, 0.4) is 0 Å². The Morgan fingerprint density at radius 3 is 2.47 bits per heavy atom. The molecule has 1 saturated carbocycles. The molecule has 0 aliphatic heterocycles. The fourth-order valence-corrected chi connectivity index (χ4v) is 4.10. The molecule has 3 aromatic rings. The van der Waals surface area contributed by atoms with Crippen LogP contribution in [0.4, 0.5) is 5.95 Å². The largest absolute Gasteiger partial charge is 0.497 e. The summed E-state index contributed by atoms with van der Waals surface area (Å²) >= 11 is 0. The van der Waals surface area contributed by atoms with Gasteiger partial charge in [0, 0.05) is 24.7 Å². The summed E-state index contributed by atoms with van der Waals surface area (Å²) < 4.78 is 13.1. The van der Waals surface area contributed by atoms with Crippen molar-refractivity contribution < 1.29 is 9.47 Å². The minimum absolute atomic E-state index is 0.751. The highest BCUT2D eigenvalue weighted by Gasteiger charge is 2.28. The van der Waals surface area contributed by atoms with Gasteiger partial charge in [-0.05, 0) is 57.6 Å². The van der Waals surface area contributed by atoms with Crippen LogP contribution in [0.25, 0.3) is 16.8 Å². The number of rotatable bonds is 8. The van der Waals surface area contributed by atoms with E-state index in [1.165, 1.54) is 12.8 Å². The van der Waals surface area contributed by atoms with Gasteiger partial charge in [0.2, 0.25) is 5.95 Å². The van der Waals surface area contributed by atoms with Crippen molar-refractivity contribution >= 4 is 11.6 Å². The minimum atomic E-state index is 0.751. The molecule has 0 saturated heterocycles. The molecule has 7 heteroatoms. The molecular weight excluding hydrogens is 378 g/mol. The van der Waals surface area contributed by atoms with E-state index < -0.39 is 0 Å². The van der Waals surface area contributed by atoms with E-state index in [2.05, 4.69) is 18.7 Å². The van der Waals surface area contributed by atoms with E-state index in [0.29, 0.717) is 0 Å². The first-order chi connectivity index (χ1) is 14.5. The Bertz CT molecular complexity index is 1070. The maximum absolute atomic E-state index is 5.73. The predicted molar refractivity (Wildman–Crippen MR) is 119 cm³/mol. The maximum atomic E-state index is 5.73. The fraction of sp³-hybridized carbons (Fsp3) is 0.522. The SMILES string of the molecule is CCCN(CC1CC1)c1nc(C)nc2c(-c3c(C)cc(OC)cc3OC)c(C)nn12. The predicted octanol–water partition coefficient (Wildman–Crippen LogP) is 4.36. The van der Waals surface area contributed by atoms with Gasteiger partial charge in [-0.25, -0.2) is 4.98 Å². The third kappa shape index (κ3) is 3.68. The summed E-state index contributed by atoms with van der Waals surface area (Å²) in [6.45, 7) is 10.2. The Hall–Kier alpha value is -2.83. The third-order valence-corrected chi connectivity index (χ3v) is 5.69. The molecule has 0 amide bonds. The molecule has 2 heterocycles. The quantitative estimate of drug-likeness (QED) is 0.551. The van der Waals surface area contributed by atoms with E-state index in [4.69, 9.17) is 24.5 Å². The number of ether oxygens (including phenoxy) is 2. The van der Waals surface area contributed by atoms with Crippen molar-refractivity contribution in [2.24, 2.45) is 5.92 Å². The van der Waals surface area contributed by atoms with Gasteiger partial charge in [0.05, 0.1) is 25.5 Å². The number of aryl methyl sites for hydroxylation is 3. The van der Waals surface area contributed by atoms with Crippen molar-refractivity contribution in [3.05, 3.63) is 29.2 Å². The zero-order valence-corrected chi connectivity index (χ0v) is 18.8. The molecule has 1 fully saturated rings. The van der Waals surface area contributed by atoms with Crippen molar-refractivity contribution in [1.82, 2.24) is 19.6 Å². The topological polar surface area (TPSA) is 64.8 Å². The normalized spacial score (nSPS) is 13.7. The molecule has 160 valence electrons. The van der Waals surface area contributed by atoms with Gasteiger partial charge in [-0.15, -0.1) is 0 Å². The smallest absolute Gasteiger partial charge is 0.230 e. The molecule has 30 heavy (non-hydrogen) atoms. The molecule has 0 radical (unpaired) electrons. The van der Waals surface area contributed by atoms with E-state index in [1.54, 1.807) is 14.2 Å². The first-order valence-corrected chi connectivity index (χ1v) is 10.7. The van der Waals surface area contributed by atoms with E-state index in [-0.39, 0.29) is 0 Å². The molecule has 7 nitrogen and oxygen atoms in total. The number of hydrogen-bond donors (Lipinski definition) is 0. The lowest BCUT2D eigenvalue weighted by Crippen LogP contribution is -2.30. The second-order valence-electron chi connectivity index (χ2n) is 8.18. The Kier molecular flexibility index (Phi) is 5.54. The van der Waals surface area contributed by atoms with E-state index in [0.717, 1.165) is 76.7 Å². The van der Waals surface area contributed by atoms with Gasteiger partial charge in [0.1, 0.15) is 17.3 Å².